The Bertz CT molecular complexity index is 83.0. The van der Waals surface area contributed by atoms with Gasteiger partial charge in [0.2, 0.25) is 0 Å². The minimum atomic E-state index is 0.934. The van der Waals surface area contributed by atoms with Gasteiger partial charge in [-0.3, -0.25) is 0 Å². The van der Waals surface area contributed by atoms with Gasteiger partial charge in [0.25, 0.3) is 0 Å². The predicted molar refractivity (Wildman–Crippen MR) is 44.0 cm³/mol. The lowest BCUT2D eigenvalue weighted by Crippen LogP contribution is -2.22. The van der Waals surface area contributed by atoms with E-state index in [2.05, 4.69) is 27.8 Å². The van der Waals surface area contributed by atoms with Crippen LogP contribution in [0.4, 0.5) is 0 Å². The molecule has 0 aromatic heterocycles. The van der Waals surface area contributed by atoms with Crippen LogP contribution in [0.25, 0.3) is 0 Å². The molecule has 9 heavy (non-hydrogen) atoms. The fourth-order valence-electron chi connectivity index (χ4n) is 1.35. The Morgan fingerprint density at radius 3 is 2.89 bits per heavy atom. The summed E-state index contributed by atoms with van der Waals surface area (Å²) >= 11 is 3.44. The predicted octanol–water partition coefficient (Wildman–Crippen LogP) is 1.72. The molecule has 1 rings (SSSR count). The van der Waals surface area contributed by atoms with Crippen molar-refractivity contribution >= 4 is 15.9 Å². The highest BCUT2D eigenvalue weighted by atomic mass is 79.9. The Kier molecular flexibility index (Phi) is 2.99. The third kappa shape index (κ3) is 2.26. The molecule has 0 N–H and O–H groups in total. The summed E-state index contributed by atoms with van der Waals surface area (Å²) in [5.41, 5.74) is 0. The molecule has 0 spiro atoms. The Morgan fingerprint density at radius 2 is 2.44 bits per heavy atom. The van der Waals surface area contributed by atoms with Crippen molar-refractivity contribution in [2.45, 2.75) is 13.3 Å². The van der Waals surface area contributed by atoms with Crippen LogP contribution >= 0.6 is 15.9 Å². The molecule has 1 saturated heterocycles. The first-order valence-electron chi connectivity index (χ1n) is 3.61. The van der Waals surface area contributed by atoms with Crippen molar-refractivity contribution in [1.29, 1.82) is 0 Å². The fourth-order valence-corrected chi connectivity index (χ4v) is 1.85. The van der Waals surface area contributed by atoms with E-state index in [4.69, 9.17) is 0 Å². The van der Waals surface area contributed by atoms with Crippen LogP contribution in [0.15, 0.2) is 0 Å². The van der Waals surface area contributed by atoms with Crippen molar-refractivity contribution in [3.05, 3.63) is 0 Å². The second-order valence-electron chi connectivity index (χ2n) is 2.88. The number of likely N-dealkylation sites (tertiary alicyclic amines) is 1. The summed E-state index contributed by atoms with van der Waals surface area (Å²) in [7, 11) is 0. The van der Waals surface area contributed by atoms with E-state index in [-0.39, 0.29) is 0 Å². The lowest BCUT2D eigenvalue weighted by molar-refractivity contribution is 0.350. The van der Waals surface area contributed by atoms with Crippen LogP contribution < -0.4 is 0 Å². The SMILES string of the molecule is C[C@@H]1CCN(CCBr)C1. The zero-order valence-corrected chi connectivity index (χ0v) is 7.52. The Labute approximate surface area is 65.6 Å². The van der Waals surface area contributed by atoms with Gasteiger partial charge >= 0.3 is 0 Å². The van der Waals surface area contributed by atoms with Gasteiger partial charge in [-0.2, -0.15) is 0 Å². The van der Waals surface area contributed by atoms with Gasteiger partial charge in [-0.15, -0.1) is 0 Å². The van der Waals surface area contributed by atoms with Gasteiger partial charge < -0.3 is 4.90 Å². The minimum Gasteiger partial charge on any atom is -0.302 e. The van der Waals surface area contributed by atoms with E-state index in [0.717, 1.165) is 11.2 Å². The molecule has 2 heteroatoms. The van der Waals surface area contributed by atoms with Gasteiger partial charge in [-0.1, -0.05) is 22.9 Å². The van der Waals surface area contributed by atoms with E-state index in [1.807, 2.05) is 0 Å². The molecule has 0 aromatic rings. The van der Waals surface area contributed by atoms with Crippen LogP contribution in [-0.2, 0) is 0 Å². The van der Waals surface area contributed by atoms with Crippen molar-refractivity contribution in [1.82, 2.24) is 4.90 Å². The lowest BCUT2D eigenvalue weighted by atomic mass is 10.2. The highest BCUT2D eigenvalue weighted by molar-refractivity contribution is 9.09. The second-order valence-corrected chi connectivity index (χ2v) is 3.68. The highest BCUT2D eigenvalue weighted by Gasteiger charge is 2.16. The number of rotatable bonds is 2. The maximum absolute atomic E-state index is 3.44. The van der Waals surface area contributed by atoms with Crippen molar-refractivity contribution in [3.8, 4) is 0 Å². The minimum absolute atomic E-state index is 0.934. The summed E-state index contributed by atoms with van der Waals surface area (Å²) in [6.45, 7) is 6.18. The van der Waals surface area contributed by atoms with Gasteiger partial charge in [0.1, 0.15) is 0 Å². The van der Waals surface area contributed by atoms with Crippen molar-refractivity contribution in [2.75, 3.05) is 25.0 Å². The van der Waals surface area contributed by atoms with Crippen molar-refractivity contribution in [2.24, 2.45) is 5.92 Å². The monoisotopic (exact) mass is 191 g/mol. The molecule has 0 aliphatic carbocycles. The summed E-state index contributed by atoms with van der Waals surface area (Å²) < 4.78 is 0. The molecule has 0 radical (unpaired) electrons. The summed E-state index contributed by atoms with van der Waals surface area (Å²) in [5.74, 6) is 0.934. The van der Waals surface area contributed by atoms with E-state index in [9.17, 15) is 0 Å². The molecule has 0 amide bonds. The van der Waals surface area contributed by atoms with Crippen LogP contribution in [0.1, 0.15) is 13.3 Å². The standard InChI is InChI=1S/C7H14BrN/c1-7-2-4-9(6-7)5-3-8/h7H,2-6H2,1H3/t7-/m1/s1. The maximum atomic E-state index is 3.44. The molecule has 1 fully saturated rings. The first-order valence-corrected chi connectivity index (χ1v) is 4.73. The molecule has 1 aliphatic heterocycles. The normalized spacial score (nSPS) is 29.3. The van der Waals surface area contributed by atoms with E-state index < -0.39 is 0 Å². The molecule has 0 saturated carbocycles. The van der Waals surface area contributed by atoms with Crippen LogP contribution in [0.3, 0.4) is 0 Å². The molecule has 1 nitrogen and oxygen atoms in total. The Hall–Kier alpha value is 0.440. The number of alkyl halides is 1. The van der Waals surface area contributed by atoms with Crippen LogP contribution in [-0.4, -0.2) is 29.9 Å². The summed E-state index contributed by atoms with van der Waals surface area (Å²) in [5, 5.41) is 1.12. The quantitative estimate of drug-likeness (QED) is 0.602. The lowest BCUT2D eigenvalue weighted by Gasteiger charge is -2.11. The number of halogens is 1. The molecule has 0 aromatic carbocycles. The van der Waals surface area contributed by atoms with E-state index in [0.29, 0.717) is 0 Å². The van der Waals surface area contributed by atoms with Gasteiger partial charge in [0.05, 0.1) is 0 Å². The van der Waals surface area contributed by atoms with Gasteiger partial charge in [-0.25, -0.2) is 0 Å². The molecule has 1 atom stereocenters. The van der Waals surface area contributed by atoms with Crippen molar-refractivity contribution in [3.63, 3.8) is 0 Å². The van der Waals surface area contributed by atoms with Gasteiger partial charge in [-0.05, 0) is 18.9 Å². The van der Waals surface area contributed by atoms with E-state index in [1.165, 1.54) is 26.1 Å². The zero-order chi connectivity index (χ0) is 6.69. The molecule has 1 heterocycles. The Morgan fingerprint density at radius 1 is 1.67 bits per heavy atom. The molecule has 54 valence electrons. The molecule has 0 bridgehead atoms. The molecule has 1 aliphatic rings. The second kappa shape index (κ2) is 3.57. The van der Waals surface area contributed by atoms with E-state index >= 15 is 0 Å². The summed E-state index contributed by atoms with van der Waals surface area (Å²) in [6, 6.07) is 0. The average molecular weight is 192 g/mol. The average Bonchev–Trinajstić information content (AvgIpc) is 2.17. The summed E-state index contributed by atoms with van der Waals surface area (Å²) in [4.78, 5) is 2.51. The van der Waals surface area contributed by atoms with Crippen LogP contribution in [0, 0.1) is 5.92 Å². The van der Waals surface area contributed by atoms with Crippen molar-refractivity contribution < 1.29 is 0 Å². The fraction of sp³-hybridized carbons (Fsp3) is 1.00. The summed E-state index contributed by atoms with van der Waals surface area (Å²) in [6.07, 6.45) is 1.40. The first-order chi connectivity index (χ1) is 4.33. The van der Waals surface area contributed by atoms with E-state index in [1.54, 1.807) is 0 Å². The van der Waals surface area contributed by atoms with Crippen LogP contribution in [0.5, 0.6) is 0 Å². The topological polar surface area (TPSA) is 3.24 Å². The molecular formula is C7H14BrN. The highest BCUT2D eigenvalue weighted by Crippen LogP contribution is 2.14. The van der Waals surface area contributed by atoms with Gasteiger partial charge in [0.15, 0.2) is 0 Å². The first kappa shape index (κ1) is 7.55. The maximum Gasteiger partial charge on any atom is 0.0159 e. The molecular weight excluding hydrogens is 178 g/mol. The third-order valence-corrected chi connectivity index (χ3v) is 2.26. The zero-order valence-electron chi connectivity index (χ0n) is 5.94. The number of hydrogen-bond acceptors (Lipinski definition) is 1. The van der Waals surface area contributed by atoms with Gasteiger partial charge in [0, 0.05) is 18.4 Å². The van der Waals surface area contributed by atoms with Crippen LogP contribution in [0.2, 0.25) is 0 Å². The number of nitrogens with zero attached hydrogens (tertiary/aromatic N) is 1. The number of hydrogen-bond donors (Lipinski definition) is 0. The largest absolute Gasteiger partial charge is 0.302 e. The third-order valence-electron chi connectivity index (χ3n) is 1.91. The smallest absolute Gasteiger partial charge is 0.0159 e. The molecule has 0 unspecified atom stereocenters. The Balaban J connectivity index is 2.14.